The summed E-state index contributed by atoms with van der Waals surface area (Å²) in [6, 6.07) is 14.9. The topological polar surface area (TPSA) is 21.7 Å². The Bertz CT molecular complexity index is 639. The monoisotopic (exact) mass is 283 g/mol. The zero-order valence-electron chi connectivity index (χ0n) is 12.8. The molecule has 0 bridgehead atoms. The molecule has 0 saturated carbocycles. The standard InChI is InChI=1S/C18H21NO2/c1-19-11-14-6-4-5-7-15(14)16(12-19)13-8-9-17(20-2)18(10-13)21-3/h4-10,16H,11-12H2,1-3H3. The van der Waals surface area contributed by atoms with E-state index in [1.54, 1.807) is 14.2 Å². The average Bonchev–Trinajstić information content (AvgIpc) is 2.53. The van der Waals surface area contributed by atoms with Gasteiger partial charge in [-0.3, -0.25) is 0 Å². The number of rotatable bonds is 3. The van der Waals surface area contributed by atoms with Crippen molar-refractivity contribution in [1.82, 2.24) is 4.90 Å². The Balaban J connectivity index is 2.04. The normalized spacial score (nSPS) is 18.1. The van der Waals surface area contributed by atoms with E-state index in [1.807, 2.05) is 6.07 Å². The number of hydrogen-bond acceptors (Lipinski definition) is 3. The highest BCUT2D eigenvalue weighted by Gasteiger charge is 2.25. The molecule has 0 amide bonds. The first-order valence-corrected chi connectivity index (χ1v) is 7.21. The van der Waals surface area contributed by atoms with Crippen LogP contribution in [0.1, 0.15) is 22.6 Å². The second-order valence-electron chi connectivity index (χ2n) is 5.56. The molecule has 0 aromatic heterocycles. The van der Waals surface area contributed by atoms with Gasteiger partial charge in [0.15, 0.2) is 11.5 Å². The average molecular weight is 283 g/mol. The molecule has 3 nitrogen and oxygen atoms in total. The van der Waals surface area contributed by atoms with Crippen LogP contribution in [0.3, 0.4) is 0 Å². The first-order chi connectivity index (χ1) is 10.2. The highest BCUT2D eigenvalue weighted by molar-refractivity contribution is 5.48. The lowest BCUT2D eigenvalue weighted by Gasteiger charge is -2.32. The van der Waals surface area contributed by atoms with Gasteiger partial charge >= 0.3 is 0 Å². The van der Waals surface area contributed by atoms with Gasteiger partial charge < -0.3 is 14.4 Å². The smallest absolute Gasteiger partial charge is 0.161 e. The van der Waals surface area contributed by atoms with Gasteiger partial charge in [-0.1, -0.05) is 30.3 Å². The molecular weight excluding hydrogens is 262 g/mol. The van der Waals surface area contributed by atoms with E-state index in [-0.39, 0.29) is 0 Å². The van der Waals surface area contributed by atoms with Crippen LogP contribution in [-0.2, 0) is 6.54 Å². The van der Waals surface area contributed by atoms with Crippen molar-refractivity contribution in [2.24, 2.45) is 0 Å². The fourth-order valence-electron chi connectivity index (χ4n) is 3.14. The fraction of sp³-hybridized carbons (Fsp3) is 0.333. The third-order valence-corrected chi connectivity index (χ3v) is 4.17. The van der Waals surface area contributed by atoms with E-state index in [9.17, 15) is 0 Å². The molecule has 21 heavy (non-hydrogen) atoms. The first-order valence-electron chi connectivity index (χ1n) is 7.21. The van der Waals surface area contributed by atoms with Gasteiger partial charge in [0.2, 0.25) is 0 Å². The Morgan fingerprint density at radius 3 is 2.52 bits per heavy atom. The van der Waals surface area contributed by atoms with E-state index in [0.29, 0.717) is 5.92 Å². The van der Waals surface area contributed by atoms with Crippen LogP contribution in [-0.4, -0.2) is 32.7 Å². The SMILES string of the molecule is COc1ccc(C2CN(C)Cc3ccccc32)cc1OC. The number of hydrogen-bond donors (Lipinski definition) is 0. The molecule has 1 aliphatic heterocycles. The third kappa shape index (κ3) is 2.61. The molecule has 0 saturated heterocycles. The van der Waals surface area contributed by atoms with Gasteiger partial charge in [0.1, 0.15) is 0 Å². The van der Waals surface area contributed by atoms with Crippen molar-refractivity contribution in [3.63, 3.8) is 0 Å². The molecule has 0 fully saturated rings. The Labute approximate surface area is 126 Å². The van der Waals surface area contributed by atoms with Crippen molar-refractivity contribution >= 4 is 0 Å². The predicted octanol–water partition coefficient (Wildman–Crippen LogP) is 3.28. The van der Waals surface area contributed by atoms with Gasteiger partial charge in [-0.05, 0) is 35.9 Å². The molecular formula is C18H21NO2. The molecule has 1 unspecified atom stereocenters. The van der Waals surface area contributed by atoms with Gasteiger partial charge in [-0.15, -0.1) is 0 Å². The van der Waals surface area contributed by atoms with Crippen LogP contribution in [0.15, 0.2) is 42.5 Å². The second-order valence-corrected chi connectivity index (χ2v) is 5.56. The summed E-state index contributed by atoms with van der Waals surface area (Å²) >= 11 is 0. The molecule has 3 rings (SSSR count). The predicted molar refractivity (Wildman–Crippen MR) is 84.2 cm³/mol. The molecule has 3 heteroatoms. The lowest BCUT2D eigenvalue weighted by atomic mass is 9.85. The number of likely N-dealkylation sites (N-methyl/N-ethyl adjacent to an activating group) is 1. The molecule has 0 N–H and O–H groups in total. The van der Waals surface area contributed by atoms with Crippen LogP contribution in [0.4, 0.5) is 0 Å². The molecule has 0 spiro atoms. The quantitative estimate of drug-likeness (QED) is 0.863. The molecule has 0 radical (unpaired) electrons. The summed E-state index contributed by atoms with van der Waals surface area (Å²) < 4.78 is 10.8. The van der Waals surface area contributed by atoms with Crippen molar-refractivity contribution in [2.75, 3.05) is 27.8 Å². The Morgan fingerprint density at radius 1 is 1.00 bits per heavy atom. The summed E-state index contributed by atoms with van der Waals surface area (Å²) in [7, 11) is 5.52. The van der Waals surface area contributed by atoms with Crippen LogP contribution in [0.5, 0.6) is 11.5 Å². The molecule has 2 aromatic rings. The van der Waals surface area contributed by atoms with Gasteiger partial charge in [-0.2, -0.15) is 0 Å². The van der Waals surface area contributed by atoms with Gasteiger partial charge in [0, 0.05) is 19.0 Å². The van der Waals surface area contributed by atoms with Gasteiger partial charge in [-0.25, -0.2) is 0 Å². The lowest BCUT2D eigenvalue weighted by molar-refractivity contribution is 0.294. The summed E-state index contributed by atoms with van der Waals surface area (Å²) in [6.07, 6.45) is 0. The Kier molecular flexibility index (Phi) is 3.84. The molecule has 0 aliphatic carbocycles. The number of benzene rings is 2. The van der Waals surface area contributed by atoms with E-state index < -0.39 is 0 Å². The minimum Gasteiger partial charge on any atom is -0.493 e. The second kappa shape index (κ2) is 5.78. The lowest BCUT2D eigenvalue weighted by Crippen LogP contribution is -2.30. The van der Waals surface area contributed by atoms with Crippen LogP contribution in [0.25, 0.3) is 0 Å². The summed E-state index contributed by atoms with van der Waals surface area (Å²) in [5, 5.41) is 0. The van der Waals surface area contributed by atoms with Crippen molar-refractivity contribution in [3.05, 3.63) is 59.2 Å². The van der Waals surface area contributed by atoms with E-state index in [0.717, 1.165) is 24.6 Å². The van der Waals surface area contributed by atoms with Crippen LogP contribution >= 0.6 is 0 Å². The maximum atomic E-state index is 5.44. The molecule has 110 valence electrons. The van der Waals surface area contributed by atoms with Crippen molar-refractivity contribution in [2.45, 2.75) is 12.5 Å². The molecule has 1 aliphatic rings. The number of ether oxygens (including phenoxy) is 2. The summed E-state index contributed by atoms with van der Waals surface area (Å²) in [5.74, 6) is 1.94. The summed E-state index contributed by atoms with van der Waals surface area (Å²) in [4.78, 5) is 2.36. The zero-order chi connectivity index (χ0) is 14.8. The maximum absolute atomic E-state index is 5.44. The van der Waals surface area contributed by atoms with Crippen molar-refractivity contribution in [3.8, 4) is 11.5 Å². The third-order valence-electron chi connectivity index (χ3n) is 4.17. The summed E-state index contributed by atoms with van der Waals surface area (Å²) in [5.41, 5.74) is 4.10. The van der Waals surface area contributed by atoms with Gasteiger partial charge in [0.05, 0.1) is 14.2 Å². The molecule has 2 aromatic carbocycles. The van der Waals surface area contributed by atoms with E-state index in [2.05, 4.69) is 48.3 Å². The van der Waals surface area contributed by atoms with E-state index >= 15 is 0 Å². The first kappa shape index (κ1) is 14.0. The minimum atomic E-state index is 0.375. The Morgan fingerprint density at radius 2 is 1.76 bits per heavy atom. The molecule has 1 heterocycles. The van der Waals surface area contributed by atoms with Crippen molar-refractivity contribution in [1.29, 1.82) is 0 Å². The maximum Gasteiger partial charge on any atom is 0.161 e. The highest BCUT2D eigenvalue weighted by atomic mass is 16.5. The Hall–Kier alpha value is -2.00. The minimum absolute atomic E-state index is 0.375. The molecule has 1 atom stereocenters. The number of nitrogens with zero attached hydrogens (tertiary/aromatic N) is 1. The number of fused-ring (bicyclic) bond motifs is 1. The zero-order valence-corrected chi connectivity index (χ0v) is 12.8. The largest absolute Gasteiger partial charge is 0.493 e. The fourth-order valence-corrected chi connectivity index (χ4v) is 3.14. The highest BCUT2D eigenvalue weighted by Crippen LogP contribution is 2.37. The van der Waals surface area contributed by atoms with E-state index in [1.165, 1.54) is 16.7 Å². The van der Waals surface area contributed by atoms with E-state index in [4.69, 9.17) is 9.47 Å². The number of methoxy groups -OCH3 is 2. The van der Waals surface area contributed by atoms with Crippen LogP contribution in [0.2, 0.25) is 0 Å². The van der Waals surface area contributed by atoms with Crippen molar-refractivity contribution < 1.29 is 9.47 Å². The van der Waals surface area contributed by atoms with Crippen LogP contribution < -0.4 is 9.47 Å². The summed E-state index contributed by atoms with van der Waals surface area (Å²) in [6.45, 7) is 2.03. The van der Waals surface area contributed by atoms with Gasteiger partial charge in [0.25, 0.3) is 0 Å². The van der Waals surface area contributed by atoms with Crippen LogP contribution in [0, 0.1) is 0 Å².